The van der Waals surface area contributed by atoms with Gasteiger partial charge in [0.15, 0.2) is 0 Å². The highest BCUT2D eigenvalue weighted by Crippen LogP contribution is 2.19. The van der Waals surface area contributed by atoms with Crippen molar-refractivity contribution in [1.82, 2.24) is 10.2 Å². The van der Waals surface area contributed by atoms with Crippen molar-refractivity contribution in [3.05, 3.63) is 29.8 Å². The Morgan fingerprint density at radius 3 is 2.80 bits per heavy atom. The summed E-state index contributed by atoms with van der Waals surface area (Å²) >= 11 is 1.76. The molecular formula is C15H23N3OS. The van der Waals surface area contributed by atoms with E-state index < -0.39 is 0 Å². The quantitative estimate of drug-likeness (QED) is 0.843. The molecule has 1 fully saturated rings. The smallest absolute Gasteiger partial charge is 0.242 e. The maximum Gasteiger partial charge on any atom is 0.242 e. The molecule has 2 N–H and O–H groups in total. The highest BCUT2D eigenvalue weighted by molar-refractivity contribution is 7.99. The van der Waals surface area contributed by atoms with E-state index in [0.717, 1.165) is 37.0 Å². The van der Waals surface area contributed by atoms with Crippen LogP contribution in [-0.2, 0) is 11.3 Å². The van der Waals surface area contributed by atoms with Crippen LogP contribution in [0, 0.1) is 0 Å². The van der Waals surface area contributed by atoms with Crippen LogP contribution in [0.15, 0.2) is 24.3 Å². The number of carbonyl (C=O) groups excluding carboxylic acids is 1. The summed E-state index contributed by atoms with van der Waals surface area (Å²) in [6.07, 6.45) is 0. The number of hydrogen-bond donors (Lipinski definition) is 2. The fourth-order valence-electron chi connectivity index (χ4n) is 2.25. The normalized spacial score (nSPS) is 18.4. The van der Waals surface area contributed by atoms with E-state index in [1.807, 2.05) is 18.2 Å². The van der Waals surface area contributed by atoms with Crippen LogP contribution in [0.25, 0.3) is 0 Å². The predicted octanol–water partition coefficient (Wildman–Crippen LogP) is 2.13. The molecule has 1 aromatic rings. The molecule has 0 bridgehead atoms. The van der Waals surface area contributed by atoms with Crippen molar-refractivity contribution in [3.8, 4) is 0 Å². The topological polar surface area (TPSA) is 44.4 Å². The lowest BCUT2D eigenvalue weighted by molar-refractivity contribution is -0.117. The molecule has 0 spiro atoms. The summed E-state index contributed by atoms with van der Waals surface area (Å²) in [5.74, 6) is 1.78. The highest BCUT2D eigenvalue weighted by atomic mass is 32.2. The molecule has 0 radical (unpaired) electrons. The van der Waals surface area contributed by atoms with E-state index in [1.54, 1.807) is 11.8 Å². The van der Waals surface area contributed by atoms with Crippen molar-refractivity contribution in [2.45, 2.75) is 26.4 Å². The van der Waals surface area contributed by atoms with Crippen LogP contribution in [0.1, 0.15) is 19.4 Å². The Morgan fingerprint density at radius 1 is 1.40 bits per heavy atom. The lowest BCUT2D eigenvalue weighted by atomic mass is 10.1. The molecular weight excluding hydrogens is 270 g/mol. The lowest BCUT2D eigenvalue weighted by Gasteiger charge is -2.21. The summed E-state index contributed by atoms with van der Waals surface area (Å²) in [7, 11) is 0. The van der Waals surface area contributed by atoms with E-state index in [1.165, 1.54) is 5.56 Å². The van der Waals surface area contributed by atoms with Gasteiger partial charge in [-0.1, -0.05) is 32.0 Å². The predicted molar refractivity (Wildman–Crippen MR) is 85.9 cm³/mol. The molecule has 1 amide bonds. The molecule has 1 atom stereocenters. The minimum absolute atomic E-state index is 0.0680. The fraction of sp³-hybridized carbons (Fsp3) is 0.533. The number of anilines is 1. The van der Waals surface area contributed by atoms with Crippen LogP contribution < -0.4 is 10.6 Å². The second-order valence-corrected chi connectivity index (χ2v) is 5.91. The molecule has 5 heteroatoms. The average Bonchev–Trinajstić information content (AvgIpc) is 3.00. The summed E-state index contributed by atoms with van der Waals surface area (Å²) in [6.45, 7) is 7.21. The van der Waals surface area contributed by atoms with Crippen molar-refractivity contribution in [1.29, 1.82) is 0 Å². The van der Waals surface area contributed by atoms with Gasteiger partial charge in [0.2, 0.25) is 5.91 Å². The molecule has 110 valence electrons. The van der Waals surface area contributed by atoms with E-state index in [0.29, 0.717) is 0 Å². The van der Waals surface area contributed by atoms with E-state index in [-0.39, 0.29) is 11.9 Å². The minimum atomic E-state index is -0.0680. The molecule has 20 heavy (non-hydrogen) atoms. The van der Waals surface area contributed by atoms with Crippen LogP contribution in [0.3, 0.4) is 0 Å². The van der Waals surface area contributed by atoms with Crippen molar-refractivity contribution >= 4 is 23.4 Å². The molecule has 1 aliphatic rings. The van der Waals surface area contributed by atoms with E-state index in [4.69, 9.17) is 0 Å². The third kappa shape index (κ3) is 3.98. The second kappa shape index (κ2) is 7.67. The first-order valence-electron chi connectivity index (χ1n) is 7.16. The first kappa shape index (κ1) is 15.4. The zero-order valence-corrected chi connectivity index (χ0v) is 13.0. The van der Waals surface area contributed by atoms with Crippen LogP contribution >= 0.6 is 11.8 Å². The van der Waals surface area contributed by atoms with Gasteiger partial charge in [-0.3, -0.25) is 15.0 Å². The first-order valence-corrected chi connectivity index (χ1v) is 8.32. The van der Waals surface area contributed by atoms with E-state index in [9.17, 15) is 4.79 Å². The van der Waals surface area contributed by atoms with Crippen molar-refractivity contribution in [3.63, 3.8) is 0 Å². The Kier molecular flexibility index (Phi) is 5.88. The number of benzene rings is 1. The summed E-state index contributed by atoms with van der Waals surface area (Å²) < 4.78 is 0. The van der Waals surface area contributed by atoms with Gasteiger partial charge in [0.05, 0.1) is 6.04 Å². The SMILES string of the molecule is CCN(CC)Cc1ccccc1NC(=O)C1CSCN1. The Hall–Kier alpha value is -1.04. The maximum atomic E-state index is 12.2. The lowest BCUT2D eigenvalue weighted by Crippen LogP contribution is -2.37. The standard InChI is InChI=1S/C15H23N3OS/c1-3-18(4-2)9-12-7-5-6-8-13(12)17-15(19)14-10-20-11-16-14/h5-8,14,16H,3-4,9-11H2,1-2H3,(H,17,19). The van der Waals surface area contributed by atoms with E-state index >= 15 is 0 Å². The number of hydrogen-bond acceptors (Lipinski definition) is 4. The van der Waals surface area contributed by atoms with E-state index in [2.05, 4.69) is 35.4 Å². The van der Waals surface area contributed by atoms with Gasteiger partial charge in [-0.05, 0) is 24.7 Å². The third-order valence-corrected chi connectivity index (χ3v) is 4.54. The Labute approximate surface area is 125 Å². The Morgan fingerprint density at radius 2 is 2.15 bits per heavy atom. The van der Waals surface area contributed by atoms with Crippen molar-refractivity contribution in [2.24, 2.45) is 0 Å². The molecule has 1 saturated heterocycles. The van der Waals surface area contributed by atoms with Crippen LogP contribution in [0.2, 0.25) is 0 Å². The van der Waals surface area contributed by atoms with Crippen molar-refractivity contribution < 1.29 is 4.79 Å². The Balaban J connectivity index is 2.05. The molecule has 2 rings (SSSR count). The van der Waals surface area contributed by atoms with Gasteiger partial charge in [-0.15, -0.1) is 11.8 Å². The van der Waals surface area contributed by atoms with Gasteiger partial charge < -0.3 is 5.32 Å². The largest absolute Gasteiger partial charge is 0.324 e. The fourth-order valence-corrected chi connectivity index (χ4v) is 3.19. The minimum Gasteiger partial charge on any atom is -0.324 e. The summed E-state index contributed by atoms with van der Waals surface area (Å²) in [5, 5.41) is 6.26. The number of thioether (sulfide) groups is 1. The van der Waals surface area contributed by atoms with Gasteiger partial charge in [0.1, 0.15) is 0 Å². The molecule has 1 unspecified atom stereocenters. The molecule has 0 saturated carbocycles. The molecule has 1 aliphatic heterocycles. The maximum absolute atomic E-state index is 12.2. The number of rotatable bonds is 6. The molecule has 0 aliphatic carbocycles. The number of carbonyl (C=O) groups is 1. The second-order valence-electron chi connectivity index (χ2n) is 4.88. The third-order valence-electron chi connectivity index (χ3n) is 3.60. The van der Waals surface area contributed by atoms with Crippen LogP contribution in [0.5, 0.6) is 0 Å². The van der Waals surface area contributed by atoms with Crippen molar-refractivity contribution in [2.75, 3.05) is 30.0 Å². The first-order chi connectivity index (χ1) is 9.74. The van der Waals surface area contributed by atoms with Crippen LogP contribution in [0.4, 0.5) is 5.69 Å². The zero-order valence-electron chi connectivity index (χ0n) is 12.2. The Bertz CT molecular complexity index is 442. The summed E-state index contributed by atoms with van der Waals surface area (Å²) in [6, 6.07) is 8.00. The van der Waals surface area contributed by atoms with Gasteiger partial charge in [-0.25, -0.2) is 0 Å². The van der Waals surface area contributed by atoms with Gasteiger partial charge >= 0.3 is 0 Å². The average molecular weight is 293 g/mol. The monoisotopic (exact) mass is 293 g/mol. The summed E-state index contributed by atoms with van der Waals surface area (Å²) in [4.78, 5) is 14.5. The number of para-hydroxylation sites is 1. The molecule has 0 aromatic heterocycles. The number of nitrogens with one attached hydrogen (secondary N) is 2. The van der Waals surface area contributed by atoms with Gasteiger partial charge in [-0.2, -0.15) is 0 Å². The number of nitrogens with zero attached hydrogens (tertiary/aromatic N) is 1. The molecule has 1 heterocycles. The number of amides is 1. The highest BCUT2D eigenvalue weighted by Gasteiger charge is 2.23. The van der Waals surface area contributed by atoms with Gasteiger partial charge in [0.25, 0.3) is 0 Å². The zero-order chi connectivity index (χ0) is 14.4. The van der Waals surface area contributed by atoms with Gasteiger partial charge in [0, 0.05) is 23.9 Å². The summed E-state index contributed by atoms with van der Waals surface area (Å²) in [5.41, 5.74) is 2.11. The molecule has 4 nitrogen and oxygen atoms in total. The van der Waals surface area contributed by atoms with Crippen LogP contribution in [-0.4, -0.2) is 41.6 Å². The molecule has 1 aromatic carbocycles.